The van der Waals surface area contributed by atoms with Crippen molar-refractivity contribution < 1.29 is 4.42 Å². The average molecular weight is 241 g/mol. The first-order valence-electron chi connectivity index (χ1n) is 5.21. The highest BCUT2D eigenvalue weighted by molar-refractivity contribution is 7.99. The number of thioether (sulfide) groups is 1. The van der Waals surface area contributed by atoms with Gasteiger partial charge in [0, 0.05) is 24.8 Å². The Morgan fingerprint density at radius 3 is 2.62 bits per heavy atom. The molecule has 1 rings (SSSR count). The third-order valence-electron chi connectivity index (χ3n) is 1.78. The summed E-state index contributed by atoms with van der Waals surface area (Å²) in [7, 11) is 0. The van der Waals surface area contributed by atoms with E-state index < -0.39 is 0 Å². The fourth-order valence-electron chi connectivity index (χ4n) is 0.942. The molecule has 1 heterocycles. The first kappa shape index (κ1) is 13.3. The summed E-state index contributed by atoms with van der Waals surface area (Å²) in [5.74, 6) is 1.39. The molecule has 4 nitrogen and oxygen atoms in total. The van der Waals surface area contributed by atoms with Crippen molar-refractivity contribution >= 4 is 11.8 Å². The summed E-state index contributed by atoms with van der Waals surface area (Å²) in [5, 5.41) is 11.7. The summed E-state index contributed by atoms with van der Waals surface area (Å²) in [6, 6.07) is 0. The van der Waals surface area contributed by atoms with Crippen LogP contribution in [0, 0.1) is 6.92 Å². The summed E-state index contributed by atoms with van der Waals surface area (Å²) in [6.07, 6.45) is 0. The van der Waals surface area contributed by atoms with Crippen LogP contribution in [0.5, 0.6) is 0 Å². The molecule has 0 atom stereocenters. The summed E-state index contributed by atoms with van der Waals surface area (Å²) in [6.45, 7) is 13.0. The number of rotatable bonds is 5. The first-order valence-corrected chi connectivity index (χ1v) is 6.20. The Morgan fingerprint density at radius 1 is 1.44 bits per heavy atom. The van der Waals surface area contributed by atoms with E-state index >= 15 is 0 Å². The number of hydrogen-bond acceptors (Lipinski definition) is 5. The van der Waals surface area contributed by atoms with E-state index in [0.29, 0.717) is 11.1 Å². The van der Waals surface area contributed by atoms with Gasteiger partial charge in [-0.2, -0.15) is 0 Å². The number of aromatic nitrogens is 2. The number of hydrogen-bond donors (Lipinski definition) is 1. The van der Waals surface area contributed by atoms with Gasteiger partial charge in [0.05, 0.1) is 0 Å². The van der Waals surface area contributed by atoms with Crippen LogP contribution in [0.25, 0.3) is 0 Å². The van der Waals surface area contributed by atoms with Gasteiger partial charge in [-0.25, -0.2) is 0 Å². The molecule has 0 aliphatic carbocycles. The molecule has 1 N–H and O–H groups in total. The molecule has 90 valence electrons. The van der Waals surface area contributed by atoms with Crippen LogP contribution >= 0.6 is 11.8 Å². The van der Waals surface area contributed by atoms with Crippen molar-refractivity contribution in [2.24, 2.45) is 0 Å². The summed E-state index contributed by atoms with van der Waals surface area (Å²) < 4.78 is 5.26. The van der Waals surface area contributed by atoms with E-state index in [1.807, 2.05) is 0 Å². The molecule has 0 spiro atoms. The van der Waals surface area contributed by atoms with Crippen LogP contribution < -0.4 is 5.32 Å². The second-order valence-corrected chi connectivity index (χ2v) is 5.66. The normalized spacial score (nSPS) is 11.8. The largest absolute Gasteiger partial charge is 0.416 e. The highest BCUT2D eigenvalue weighted by Crippen LogP contribution is 2.18. The smallest absolute Gasteiger partial charge is 0.276 e. The van der Waals surface area contributed by atoms with E-state index in [1.54, 1.807) is 6.92 Å². The molecule has 0 bridgehead atoms. The molecular weight excluding hydrogens is 222 g/mol. The van der Waals surface area contributed by atoms with E-state index in [9.17, 15) is 0 Å². The predicted octanol–water partition coefficient (Wildman–Crippen LogP) is 2.41. The molecule has 5 heteroatoms. The van der Waals surface area contributed by atoms with Gasteiger partial charge < -0.3 is 9.73 Å². The Morgan fingerprint density at radius 2 is 2.12 bits per heavy atom. The topological polar surface area (TPSA) is 51.0 Å². The minimum absolute atomic E-state index is 0.120. The molecule has 1 aromatic rings. The molecular formula is C11H19N3OS. The van der Waals surface area contributed by atoms with Crippen LogP contribution in [0.3, 0.4) is 0 Å². The maximum Gasteiger partial charge on any atom is 0.276 e. The van der Waals surface area contributed by atoms with Crippen molar-refractivity contribution in [1.82, 2.24) is 15.5 Å². The van der Waals surface area contributed by atoms with Gasteiger partial charge >= 0.3 is 0 Å². The first-order chi connectivity index (χ1) is 7.37. The minimum Gasteiger partial charge on any atom is -0.416 e. The number of aryl methyl sites for hydroxylation is 1. The second kappa shape index (κ2) is 5.50. The molecule has 1 aromatic heterocycles. The highest BCUT2D eigenvalue weighted by atomic mass is 32.2. The molecule has 0 saturated carbocycles. The summed E-state index contributed by atoms with van der Waals surface area (Å²) in [4.78, 5) is 0. The van der Waals surface area contributed by atoms with Crippen molar-refractivity contribution in [3.63, 3.8) is 0 Å². The molecule has 16 heavy (non-hydrogen) atoms. The lowest BCUT2D eigenvalue weighted by Crippen LogP contribution is -2.37. The van der Waals surface area contributed by atoms with Crippen LogP contribution in [-0.2, 0) is 0 Å². The molecule has 0 aliphatic rings. The van der Waals surface area contributed by atoms with Gasteiger partial charge in [-0.3, -0.25) is 0 Å². The quantitative estimate of drug-likeness (QED) is 0.633. The third-order valence-corrected chi connectivity index (χ3v) is 2.74. The Bertz CT molecular complexity index is 354. The van der Waals surface area contributed by atoms with Gasteiger partial charge in [0.25, 0.3) is 5.22 Å². The molecule has 0 saturated heterocycles. The maximum absolute atomic E-state index is 5.26. The van der Waals surface area contributed by atoms with Crippen molar-refractivity contribution in [3.05, 3.63) is 18.0 Å². The van der Waals surface area contributed by atoms with Crippen molar-refractivity contribution in [2.45, 2.75) is 38.5 Å². The Kier molecular flexibility index (Phi) is 4.56. The van der Waals surface area contributed by atoms with Gasteiger partial charge in [0.15, 0.2) is 0 Å². The Hall–Kier alpha value is -0.810. The fraction of sp³-hybridized carbons (Fsp3) is 0.636. The van der Waals surface area contributed by atoms with Crippen LogP contribution in [0.2, 0.25) is 0 Å². The fourth-order valence-corrected chi connectivity index (χ4v) is 1.65. The molecule has 0 fully saturated rings. The van der Waals surface area contributed by atoms with E-state index in [0.717, 1.165) is 17.9 Å². The summed E-state index contributed by atoms with van der Waals surface area (Å²) >= 11 is 1.52. The highest BCUT2D eigenvalue weighted by Gasteiger charge is 2.09. The standard InChI is InChI=1S/C11H19N3OS/c1-8(6-12-11(3,4)5)7-16-10-14-13-9(2)15-10/h12H,1,6-7H2,2-5H3. The van der Waals surface area contributed by atoms with Crippen LogP contribution in [0.1, 0.15) is 26.7 Å². The Balaban J connectivity index is 2.25. The third kappa shape index (κ3) is 5.32. The second-order valence-electron chi connectivity index (χ2n) is 4.73. The lowest BCUT2D eigenvalue weighted by atomic mass is 10.1. The van der Waals surface area contributed by atoms with Gasteiger partial charge in [-0.05, 0) is 20.8 Å². The number of nitrogens with one attached hydrogen (secondary N) is 1. The molecule has 0 unspecified atom stereocenters. The zero-order chi connectivity index (χ0) is 12.2. The van der Waals surface area contributed by atoms with E-state index in [4.69, 9.17) is 4.42 Å². The average Bonchev–Trinajstić information content (AvgIpc) is 2.57. The lowest BCUT2D eigenvalue weighted by molar-refractivity contribution is 0.429. The van der Waals surface area contributed by atoms with Gasteiger partial charge in [-0.1, -0.05) is 23.9 Å². The summed E-state index contributed by atoms with van der Waals surface area (Å²) in [5.41, 5.74) is 1.24. The van der Waals surface area contributed by atoms with Crippen LogP contribution in [0.15, 0.2) is 21.8 Å². The van der Waals surface area contributed by atoms with Gasteiger partial charge in [0.2, 0.25) is 5.89 Å². The van der Waals surface area contributed by atoms with Crippen molar-refractivity contribution in [3.8, 4) is 0 Å². The van der Waals surface area contributed by atoms with Crippen molar-refractivity contribution in [2.75, 3.05) is 12.3 Å². The number of nitrogens with zero attached hydrogens (tertiary/aromatic N) is 2. The monoisotopic (exact) mass is 241 g/mol. The molecule has 0 aliphatic heterocycles. The minimum atomic E-state index is 0.120. The molecule has 0 aromatic carbocycles. The van der Waals surface area contributed by atoms with E-state index in [-0.39, 0.29) is 5.54 Å². The lowest BCUT2D eigenvalue weighted by Gasteiger charge is -2.21. The molecule has 0 radical (unpaired) electrons. The Labute approximate surface area is 101 Å². The van der Waals surface area contributed by atoms with Crippen LogP contribution in [-0.4, -0.2) is 28.0 Å². The molecule has 0 amide bonds. The van der Waals surface area contributed by atoms with Gasteiger partial charge in [0.1, 0.15) is 0 Å². The van der Waals surface area contributed by atoms with E-state index in [2.05, 4.69) is 42.9 Å². The predicted molar refractivity (Wildman–Crippen MR) is 66.7 cm³/mol. The SMILES string of the molecule is C=C(CNC(C)(C)C)CSc1nnc(C)o1. The van der Waals surface area contributed by atoms with Gasteiger partial charge in [-0.15, -0.1) is 10.2 Å². The van der Waals surface area contributed by atoms with E-state index in [1.165, 1.54) is 11.8 Å². The maximum atomic E-state index is 5.26. The van der Waals surface area contributed by atoms with Crippen LogP contribution in [0.4, 0.5) is 0 Å². The zero-order valence-electron chi connectivity index (χ0n) is 10.3. The zero-order valence-corrected chi connectivity index (χ0v) is 11.1. The van der Waals surface area contributed by atoms with Crippen molar-refractivity contribution in [1.29, 1.82) is 0 Å².